The minimum Gasteiger partial charge on any atom is -0.496 e. The van der Waals surface area contributed by atoms with Gasteiger partial charge in [0.05, 0.1) is 36.2 Å². The molecule has 0 atom stereocenters. The van der Waals surface area contributed by atoms with E-state index in [0.29, 0.717) is 11.5 Å². The van der Waals surface area contributed by atoms with Gasteiger partial charge in [0.15, 0.2) is 0 Å². The molecule has 2 aromatic carbocycles. The zero-order chi connectivity index (χ0) is 18.3. The summed E-state index contributed by atoms with van der Waals surface area (Å²) < 4.78 is 9.60. The Morgan fingerprint density at radius 1 is 0.792 bits per heavy atom. The molecule has 10 nitrogen and oxygen atoms in total. The number of nitrogen functional groups attached to an aromatic ring is 2. The molecule has 0 fully saturated rings. The molecule has 0 unspecified atom stereocenters. The van der Waals surface area contributed by atoms with E-state index in [9.17, 15) is 20.2 Å². The summed E-state index contributed by atoms with van der Waals surface area (Å²) in [7, 11) is 2.88. The summed E-state index contributed by atoms with van der Waals surface area (Å²) in [6.45, 7) is 0. The first-order chi connectivity index (χ1) is 11.3. The number of nitrogens with zero attached hydrogens (tertiary/aromatic N) is 2. The smallest absolute Gasteiger partial charge is 0.295 e. The number of rotatable bonds is 4. The highest BCUT2D eigenvalue weighted by atomic mass is 16.6. The molecule has 0 aliphatic rings. The molecule has 0 spiro atoms. The molecule has 0 radical (unpaired) electrons. The Morgan fingerprint density at radius 3 is 1.38 bits per heavy atom. The lowest BCUT2D eigenvalue weighted by molar-refractivity contribution is -0.384. The van der Waals surface area contributed by atoms with Crippen LogP contribution in [0.25, 0.3) is 0 Å². The number of nitro groups is 2. The third-order valence-electron chi connectivity index (χ3n) is 2.87. The van der Waals surface area contributed by atoms with Crippen LogP contribution >= 0.6 is 0 Å². The van der Waals surface area contributed by atoms with Gasteiger partial charge >= 0.3 is 0 Å². The molecule has 0 aromatic heterocycles. The van der Waals surface area contributed by atoms with E-state index >= 15 is 0 Å². The normalized spacial score (nSPS) is 9.42. The van der Waals surface area contributed by atoms with E-state index in [1.54, 1.807) is 12.1 Å². The van der Waals surface area contributed by atoms with Crippen LogP contribution in [0.15, 0.2) is 36.4 Å². The third kappa shape index (κ3) is 4.73. The highest BCUT2D eigenvalue weighted by Crippen LogP contribution is 2.26. The average molecular weight is 336 g/mol. The Bertz CT molecular complexity index is 687. The van der Waals surface area contributed by atoms with Crippen molar-refractivity contribution in [3.05, 3.63) is 56.6 Å². The van der Waals surface area contributed by atoms with Gasteiger partial charge in [-0.3, -0.25) is 20.2 Å². The fraction of sp³-hybridized carbons (Fsp3) is 0.143. The topological polar surface area (TPSA) is 157 Å². The first-order valence-corrected chi connectivity index (χ1v) is 6.46. The zero-order valence-electron chi connectivity index (χ0n) is 13.0. The molecule has 2 aromatic rings. The van der Waals surface area contributed by atoms with Crippen molar-refractivity contribution in [3.8, 4) is 11.5 Å². The molecule has 2 rings (SSSR count). The van der Waals surface area contributed by atoms with Gasteiger partial charge in [0.1, 0.15) is 22.9 Å². The number of methoxy groups -OCH3 is 2. The second-order valence-corrected chi connectivity index (χ2v) is 4.36. The molecule has 24 heavy (non-hydrogen) atoms. The first kappa shape index (κ1) is 18.5. The number of nitrogens with two attached hydrogens (primary N) is 2. The van der Waals surface area contributed by atoms with Gasteiger partial charge in [-0.25, -0.2) is 0 Å². The monoisotopic (exact) mass is 336 g/mol. The zero-order valence-corrected chi connectivity index (χ0v) is 13.0. The second-order valence-electron chi connectivity index (χ2n) is 4.36. The first-order valence-electron chi connectivity index (χ1n) is 6.46. The van der Waals surface area contributed by atoms with Gasteiger partial charge < -0.3 is 20.9 Å². The van der Waals surface area contributed by atoms with Crippen molar-refractivity contribution in [1.82, 2.24) is 0 Å². The summed E-state index contributed by atoms with van der Waals surface area (Å²) in [5.41, 5.74) is 10.7. The summed E-state index contributed by atoms with van der Waals surface area (Å²) in [5, 5.41) is 20.7. The van der Waals surface area contributed by atoms with Gasteiger partial charge in [0.2, 0.25) is 0 Å². The van der Waals surface area contributed by atoms with Crippen LogP contribution in [0.4, 0.5) is 22.7 Å². The maximum absolute atomic E-state index is 10.4. The van der Waals surface area contributed by atoms with Crippen molar-refractivity contribution in [1.29, 1.82) is 0 Å². The lowest BCUT2D eigenvalue weighted by Gasteiger charge is -2.00. The van der Waals surface area contributed by atoms with Crippen LogP contribution in [-0.2, 0) is 0 Å². The van der Waals surface area contributed by atoms with Crippen LogP contribution in [0.3, 0.4) is 0 Å². The van der Waals surface area contributed by atoms with E-state index in [1.807, 2.05) is 0 Å². The molecular formula is C14H16N4O6. The predicted molar refractivity (Wildman–Crippen MR) is 88.1 cm³/mol. The molecule has 0 aliphatic carbocycles. The molecule has 0 saturated heterocycles. The van der Waals surface area contributed by atoms with Crippen molar-refractivity contribution in [2.75, 3.05) is 25.7 Å². The van der Waals surface area contributed by atoms with Gasteiger partial charge in [-0.05, 0) is 24.3 Å². The van der Waals surface area contributed by atoms with Crippen molar-refractivity contribution in [2.45, 2.75) is 0 Å². The molecule has 0 aliphatic heterocycles. The number of benzene rings is 2. The van der Waals surface area contributed by atoms with Crippen LogP contribution < -0.4 is 20.9 Å². The van der Waals surface area contributed by atoms with Crippen LogP contribution in [0, 0.1) is 20.2 Å². The Morgan fingerprint density at radius 2 is 1.12 bits per heavy atom. The molecule has 10 heteroatoms. The highest BCUT2D eigenvalue weighted by molar-refractivity contribution is 5.61. The fourth-order valence-electron chi connectivity index (χ4n) is 1.62. The minimum absolute atomic E-state index is 0.130. The molecule has 4 N–H and O–H groups in total. The summed E-state index contributed by atoms with van der Waals surface area (Å²) in [5.74, 6) is 0.854. The summed E-state index contributed by atoms with van der Waals surface area (Å²) in [6, 6.07) is 8.60. The molecular weight excluding hydrogens is 320 g/mol. The van der Waals surface area contributed by atoms with Crippen LogP contribution in [0.2, 0.25) is 0 Å². The van der Waals surface area contributed by atoms with E-state index in [4.69, 9.17) is 20.9 Å². The van der Waals surface area contributed by atoms with Crippen molar-refractivity contribution in [3.63, 3.8) is 0 Å². The number of hydrogen-bond donors (Lipinski definition) is 2. The molecule has 0 saturated carbocycles. The second kappa shape index (κ2) is 8.17. The van der Waals surface area contributed by atoms with E-state index in [1.165, 1.54) is 38.5 Å². The van der Waals surface area contributed by atoms with Gasteiger partial charge in [-0.15, -0.1) is 0 Å². The Hall–Kier alpha value is -3.56. The average Bonchev–Trinajstić information content (AvgIpc) is 2.56. The lowest BCUT2D eigenvalue weighted by Crippen LogP contribution is -1.95. The van der Waals surface area contributed by atoms with Crippen LogP contribution in [0.1, 0.15) is 0 Å². The molecule has 128 valence electrons. The van der Waals surface area contributed by atoms with E-state index in [-0.39, 0.29) is 22.7 Å². The third-order valence-corrected chi connectivity index (χ3v) is 2.87. The Labute approximate surface area is 136 Å². The largest absolute Gasteiger partial charge is 0.496 e. The van der Waals surface area contributed by atoms with Gasteiger partial charge in [0, 0.05) is 0 Å². The maximum atomic E-state index is 10.4. The highest BCUT2D eigenvalue weighted by Gasteiger charge is 2.12. The summed E-state index contributed by atoms with van der Waals surface area (Å²) in [4.78, 5) is 19.6. The fourth-order valence-corrected chi connectivity index (χ4v) is 1.62. The Balaban J connectivity index is 0.000000240. The number of ether oxygens (including phenoxy) is 2. The predicted octanol–water partition coefficient (Wildman–Crippen LogP) is 2.37. The van der Waals surface area contributed by atoms with Crippen molar-refractivity contribution in [2.24, 2.45) is 0 Å². The van der Waals surface area contributed by atoms with E-state index < -0.39 is 9.85 Å². The van der Waals surface area contributed by atoms with E-state index in [2.05, 4.69) is 0 Å². The molecule has 0 bridgehead atoms. The van der Waals surface area contributed by atoms with Gasteiger partial charge in [-0.2, -0.15) is 0 Å². The maximum Gasteiger partial charge on any atom is 0.295 e. The summed E-state index contributed by atoms with van der Waals surface area (Å²) >= 11 is 0. The Kier molecular flexibility index (Phi) is 6.30. The molecule has 0 amide bonds. The number of anilines is 2. The minimum atomic E-state index is -0.544. The SMILES string of the molecule is COc1ccc(N)c([N+](=O)[O-])c1.COc1ccc(N)c([N+](=O)[O-])c1. The van der Waals surface area contributed by atoms with Gasteiger partial charge in [0.25, 0.3) is 11.4 Å². The quantitative estimate of drug-likeness (QED) is 0.489. The number of nitro benzene ring substituents is 2. The van der Waals surface area contributed by atoms with Gasteiger partial charge in [-0.1, -0.05) is 0 Å². The lowest BCUT2D eigenvalue weighted by atomic mass is 10.2. The van der Waals surface area contributed by atoms with Crippen LogP contribution in [-0.4, -0.2) is 24.1 Å². The van der Waals surface area contributed by atoms with E-state index in [0.717, 1.165) is 0 Å². The standard InChI is InChI=1S/2C7H8N2O3/c2*1-12-5-2-3-6(8)7(4-5)9(10)11/h2*2-4H,8H2,1H3. The van der Waals surface area contributed by atoms with Crippen molar-refractivity contribution >= 4 is 22.7 Å². The summed E-state index contributed by atoms with van der Waals surface area (Å²) in [6.07, 6.45) is 0. The number of hydrogen-bond acceptors (Lipinski definition) is 8. The van der Waals surface area contributed by atoms with Crippen LogP contribution in [0.5, 0.6) is 11.5 Å². The molecule has 0 heterocycles. The van der Waals surface area contributed by atoms with Crippen molar-refractivity contribution < 1.29 is 19.3 Å².